The maximum absolute atomic E-state index is 6.20. The highest BCUT2D eigenvalue weighted by atomic mass is 16.5. The van der Waals surface area contributed by atoms with Crippen LogP contribution in [0.15, 0.2) is 37.1 Å². The van der Waals surface area contributed by atoms with Gasteiger partial charge in [-0.3, -0.25) is 9.97 Å². The van der Waals surface area contributed by atoms with Crippen molar-refractivity contribution in [1.29, 1.82) is 0 Å². The van der Waals surface area contributed by atoms with E-state index >= 15 is 0 Å². The van der Waals surface area contributed by atoms with Crippen molar-refractivity contribution >= 4 is 5.95 Å². The van der Waals surface area contributed by atoms with Gasteiger partial charge in [-0.1, -0.05) is 0 Å². The summed E-state index contributed by atoms with van der Waals surface area (Å²) in [7, 11) is 0. The van der Waals surface area contributed by atoms with Gasteiger partial charge >= 0.3 is 0 Å². The second kappa shape index (κ2) is 6.81. The average Bonchev–Trinajstić information content (AvgIpc) is 2.66. The summed E-state index contributed by atoms with van der Waals surface area (Å²) in [5, 5.41) is 0. The highest BCUT2D eigenvalue weighted by molar-refractivity contribution is 5.29. The molecule has 4 rings (SSSR count). The summed E-state index contributed by atoms with van der Waals surface area (Å²) in [6.45, 7) is 2.89. The summed E-state index contributed by atoms with van der Waals surface area (Å²) in [5.41, 5.74) is 1.36. The van der Waals surface area contributed by atoms with Gasteiger partial charge in [-0.2, -0.15) is 0 Å². The molecule has 1 atom stereocenters. The van der Waals surface area contributed by atoms with Crippen LogP contribution in [-0.4, -0.2) is 45.7 Å². The molecule has 6 nitrogen and oxygen atoms in total. The molecular weight excluding hydrogens is 302 g/mol. The predicted octanol–water partition coefficient (Wildman–Crippen LogP) is 2.27. The molecule has 2 aromatic rings. The van der Waals surface area contributed by atoms with Crippen LogP contribution in [0.1, 0.15) is 31.4 Å². The Bertz CT molecular complexity index is 633. The van der Waals surface area contributed by atoms with Gasteiger partial charge in [0, 0.05) is 50.5 Å². The van der Waals surface area contributed by atoms with E-state index in [1.165, 1.54) is 6.42 Å². The third-order valence-corrected chi connectivity index (χ3v) is 5.33. The minimum atomic E-state index is 0.280. The Labute approximate surface area is 142 Å². The molecule has 6 heteroatoms. The summed E-state index contributed by atoms with van der Waals surface area (Å²) >= 11 is 0. The van der Waals surface area contributed by atoms with Crippen molar-refractivity contribution in [2.45, 2.75) is 38.2 Å². The zero-order chi connectivity index (χ0) is 16.2. The molecule has 2 aliphatic rings. The number of rotatable bonds is 3. The standard InChI is InChI=1S/C18H23N5O/c1-6-21-17(22-7-1)23-10-4-18(5-11-23)3-2-16(24-14-18)12-15-13-19-8-9-20-15/h1,6-9,13,16H,2-5,10-12,14H2. The van der Waals surface area contributed by atoms with Crippen LogP contribution in [0.3, 0.4) is 0 Å². The number of anilines is 1. The summed E-state index contributed by atoms with van der Waals surface area (Å²) in [6, 6.07) is 1.86. The lowest BCUT2D eigenvalue weighted by Gasteiger charge is -2.45. The lowest BCUT2D eigenvalue weighted by Crippen LogP contribution is -2.46. The van der Waals surface area contributed by atoms with Crippen molar-refractivity contribution in [1.82, 2.24) is 19.9 Å². The molecule has 0 amide bonds. The van der Waals surface area contributed by atoms with E-state index in [0.717, 1.165) is 57.0 Å². The third-order valence-electron chi connectivity index (χ3n) is 5.33. The zero-order valence-corrected chi connectivity index (χ0v) is 13.8. The molecule has 2 aliphatic heterocycles. The van der Waals surface area contributed by atoms with Gasteiger partial charge in [-0.15, -0.1) is 0 Å². The minimum Gasteiger partial charge on any atom is -0.377 e. The molecule has 0 bridgehead atoms. The van der Waals surface area contributed by atoms with Crippen molar-refractivity contribution in [3.05, 3.63) is 42.7 Å². The average molecular weight is 325 g/mol. The molecule has 0 radical (unpaired) electrons. The van der Waals surface area contributed by atoms with E-state index in [9.17, 15) is 0 Å². The quantitative estimate of drug-likeness (QED) is 0.862. The van der Waals surface area contributed by atoms with Crippen LogP contribution in [0.2, 0.25) is 0 Å². The number of piperidine rings is 1. The Morgan fingerprint density at radius 2 is 1.88 bits per heavy atom. The highest BCUT2D eigenvalue weighted by Crippen LogP contribution is 2.41. The fourth-order valence-corrected chi connectivity index (χ4v) is 3.78. The normalized spacial score (nSPS) is 23.3. The molecule has 126 valence electrons. The third kappa shape index (κ3) is 3.38. The molecule has 0 aromatic carbocycles. The molecule has 2 saturated heterocycles. The first kappa shape index (κ1) is 15.4. The Morgan fingerprint density at radius 1 is 1.04 bits per heavy atom. The fraction of sp³-hybridized carbons (Fsp3) is 0.556. The topological polar surface area (TPSA) is 64.0 Å². The lowest BCUT2D eigenvalue weighted by atomic mass is 9.73. The van der Waals surface area contributed by atoms with Gasteiger partial charge in [0.05, 0.1) is 18.4 Å². The number of hydrogen-bond donors (Lipinski definition) is 0. The Hall–Kier alpha value is -2.08. The van der Waals surface area contributed by atoms with E-state index < -0.39 is 0 Å². The fourth-order valence-electron chi connectivity index (χ4n) is 3.78. The first-order valence-electron chi connectivity index (χ1n) is 8.72. The molecule has 2 fully saturated rings. The molecule has 0 saturated carbocycles. The van der Waals surface area contributed by atoms with E-state index in [1.807, 2.05) is 24.7 Å². The van der Waals surface area contributed by atoms with Gasteiger partial charge in [0.1, 0.15) is 0 Å². The van der Waals surface area contributed by atoms with E-state index in [1.54, 1.807) is 12.4 Å². The lowest BCUT2D eigenvalue weighted by molar-refractivity contribution is -0.0718. The number of ether oxygens (including phenoxy) is 1. The smallest absolute Gasteiger partial charge is 0.225 e. The monoisotopic (exact) mass is 325 g/mol. The molecule has 2 aromatic heterocycles. The van der Waals surface area contributed by atoms with E-state index in [0.29, 0.717) is 5.41 Å². The number of aromatic nitrogens is 4. The van der Waals surface area contributed by atoms with Crippen LogP contribution in [0, 0.1) is 5.41 Å². The van der Waals surface area contributed by atoms with Crippen LogP contribution in [-0.2, 0) is 11.2 Å². The van der Waals surface area contributed by atoms with Crippen LogP contribution < -0.4 is 4.90 Å². The van der Waals surface area contributed by atoms with Crippen molar-refractivity contribution < 1.29 is 4.74 Å². The summed E-state index contributed by atoms with van der Waals surface area (Å²) in [4.78, 5) is 19.5. The van der Waals surface area contributed by atoms with Gasteiger partial charge < -0.3 is 9.64 Å². The van der Waals surface area contributed by atoms with Crippen molar-refractivity contribution in [3.63, 3.8) is 0 Å². The van der Waals surface area contributed by atoms with E-state index in [-0.39, 0.29) is 6.10 Å². The first-order chi connectivity index (χ1) is 11.8. The molecule has 1 unspecified atom stereocenters. The van der Waals surface area contributed by atoms with Crippen LogP contribution in [0.25, 0.3) is 0 Å². The number of nitrogens with zero attached hydrogens (tertiary/aromatic N) is 5. The maximum atomic E-state index is 6.20. The highest BCUT2D eigenvalue weighted by Gasteiger charge is 2.39. The van der Waals surface area contributed by atoms with E-state index in [2.05, 4.69) is 24.8 Å². The zero-order valence-electron chi connectivity index (χ0n) is 13.8. The Balaban J connectivity index is 1.30. The molecule has 1 spiro atoms. The molecule has 24 heavy (non-hydrogen) atoms. The van der Waals surface area contributed by atoms with Crippen LogP contribution >= 0.6 is 0 Å². The van der Waals surface area contributed by atoms with Crippen molar-refractivity contribution in [2.24, 2.45) is 5.41 Å². The molecular formula is C18H23N5O. The Kier molecular flexibility index (Phi) is 4.38. The second-order valence-electron chi connectivity index (χ2n) is 6.91. The first-order valence-corrected chi connectivity index (χ1v) is 8.72. The summed E-state index contributed by atoms with van der Waals surface area (Å²) < 4.78 is 6.20. The molecule has 4 heterocycles. The number of hydrogen-bond acceptors (Lipinski definition) is 6. The van der Waals surface area contributed by atoms with Gasteiger partial charge in [0.2, 0.25) is 5.95 Å². The second-order valence-corrected chi connectivity index (χ2v) is 6.91. The minimum absolute atomic E-state index is 0.280. The van der Waals surface area contributed by atoms with Gasteiger partial charge in [-0.05, 0) is 37.2 Å². The summed E-state index contributed by atoms with van der Waals surface area (Å²) in [6.07, 6.45) is 14.7. The SMILES string of the molecule is c1cnc(N2CCC3(CCC(Cc4cnccn4)OC3)CC2)nc1. The summed E-state index contributed by atoms with van der Waals surface area (Å²) in [5.74, 6) is 0.851. The maximum Gasteiger partial charge on any atom is 0.225 e. The van der Waals surface area contributed by atoms with E-state index in [4.69, 9.17) is 4.74 Å². The van der Waals surface area contributed by atoms with Gasteiger partial charge in [-0.25, -0.2) is 9.97 Å². The van der Waals surface area contributed by atoms with Crippen molar-refractivity contribution in [2.75, 3.05) is 24.6 Å². The van der Waals surface area contributed by atoms with Crippen LogP contribution in [0.4, 0.5) is 5.95 Å². The largest absolute Gasteiger partial charge is 0.377 e. The van der Waals surface area contributed by atoms with Gasteiger partial charge in [0.25, 0.3) is 0 Å². The van der Waals surface area contributed by atoms with Crippen LogP contribution in [0.5, 0.6) is 0 Å². The van der Waals surface area contributed by atoms with Crippen molar-refractivity contribution in [3.8, 4) is 0 Å². The predicted molar refractivity (Wildman–Crippen MR) is 90.6 cm³/mol. The molecule has 0 N–H and O–H groups in total. The Morgan fingerprint density at radius 3 is 2.54 bits per heavy atom. The van der Waals surface area contributed by atoms with Gasteiger partial charge in [0.15, 0.2) is 0 Å². The molecule has 0 aliphatic carbocycles.